The van der Waals surface area contributed by atoms with Crippen LogP contribution in [0.15, 0.2) is 12.2 Å². The van der Waals surface area contributed by atoms with Crippen molar-refractivity contribution in [1.29, 1.82) is 5.26 Å². The molecule has 0 amide bonds. The van der Waals surface area contributed by atoms with Gasteiger partial charge < -0.3 is 0 Å². The lowest BCUT2D eigenvalue weighted by Crippen LogP contribution is -2.24. The molecule has 14 heavy (non-hydrogen) atoms. The Balaban J connectivity index is 2.55. The number of hydrogen-bond acceptors (Lipinski definition) is 1. The zero-order chi connectivity index (χ0) is 10.6. The van der Waals surface area contributed by atoms with Crippen LogP contribution in [0.5, 0.6) is 0 Å². The van der Waals surface area contributed by atoms with Gasteiger partial charge in [-0.05, 0) is 43.9 Å². The van der Waals surface area contributed by atoms with Crippen molar-refractivity contribution in [2.75, 3.05) is 0 Å². The average molecular weight is 191 g/mol. The number of rotatable bonds is 3. The summed E-state index contributed by atoms with van der Waals surface area (Å²) in [6.45, 7) is 8.55. The quantitative estimate of drug-likeness (QED) is 0.620. The summed E-state index contributed by atoms with van der Waals surface area (Å²) in [5.74, 6) is 2.24. The minimum atomic E-state index is 0.680. The van der Waals surface area contributed by atoms with Gasteiger partial charge in [0.25, 0.3) is 0 Å². The van der Waals surface area contributed by atoms with Crippen LogP contribution in [0.2, 0.25) is 0 Å². The third kappa shape index (κ3) is 2.87. The van der Waals surface area contributed by atoms with E-state index in [-0.39, 0.29) is 0 Å². The summed E-state index contributed by atoms with van der Waals surface area (Å²) in [5, 5.41) is 8.62. The molecule has 0 bridgehead atoms. The topological polar surface area (TPSA) is 23.8 Å². The zero-order valence-corrected chi connectivity index (χ0v) is 9.42. The lowest BCUT2D eigenvalue weighted by molar-refractivity contribution is 0.207. The van der Waals surface area contributed by atoms with E-state index in [9.17, 15) is 0 Å². The molecule has 1 saturated carbocycles. The van der Waals surface area contributed by atoms with E-state index in [1.807, 2.05) is 0 Å². The largest absolute Gasteiger partial charge is 0.198 e. The van der Waals surface area contributed by atoms with Gasteiger partial charge in [0.05, 0.1) is 6.07 Å². The second kappa shape index (κ2) is 5.20. The van der Waals surface area contributed by atoms with Crippen molar-refractivity contribution >= 4 is 0 Å². The van der Waals surface area contributed by atoms with Crippen LogP contribution in [0.25, 0.3) is 0 Å². The molecule has 0 aromatic carbocycles. The molecule has 1 fully saturated rings. The molecule has 1 nitrogen and oxygen atoms in total. The molecule has 0 N–H and O–H groups in total. The molecule has 0 aliphatic heterocycles. The highest BCUT2D eigenvalue weighted by Gasteiger charge is 2.28. The van der Waals surface area contributed by atoms with E-state index in [0.717, 1.165) is 18.3 Å². The van der Waals surface area contributed by atoms with Crippen LogP contribution in [0, 0.1) is 29.1 Å². The van der Waals surface area contributed by atoms with E-state index in [2.05, 4.69) is 26.5 Å². The molecule has 1 aliphatic carbocycles. The van der Waals surface area contributed by atoms with Crippen molar-refractivity contribution in [3.8, 4) is 6.07 Å². The molecule has 0 spiro atoms. The van der Waals surface area contributed by atoms with Crippen molar-refractivity contribution in [2.24, 2.45) is 17.8 Å². The second-order valence-corrected chi connectivity index (χ2v) is 4.83. The minimum Gasteiger partial charge on any atom is -0.198 e. The van der Waals surface area contributed by atoms with Crippen molar-refractivity contribution in [3.63, 3.8) is 0 Å². The maximum atomic E-state index is 8.62. The number of nitriles is 1. The molecule has 78 valence electrons. The van der Waals surface area contributed by atoms with Crippen LogP contribution in [0.3, 0.4) is 0 Å². The van der Waals surface area contributed by atoms with Crippen molar-refractivity contribution < 1.29 is 0 Å². The molecule has 3 atom stereocenters. The standard InChI is InChI=1S/C13H21N/c1-10(2)13-7-6-11(3)9-12(13)5-4-8-14/h11-13H,1,4-7,9H2,2-3H3/t11-,12-,13+/m0/s1. The summed E-state index contributed by atoms with van der Waals surface area (Å²) in [6, 6.07) is 2.26. The summed E-state index contributed by atoms with van der Waals surface area (Å²) in [7, 11) is 0. The maximum Gasteiger partial charge on any atom is 0.0621 e. The Bertz CT molecular complexity index is 236. The van der Waals surface area contributed by atoms with E-state index in [1.54, 1.807) is 0 Å². The van der Waals surface area contributed by atoms with Gasteiger partial charge in [0.2, 0.25) is 0 Å². The van der Waals surface area contributed by atoms with E-state index in [4.69, 9.17) is 5.26 Å². The lowest BCUT2D eigenvalue weighted by atomic mass is 9.70. The normalized spacial score (nSPS) is 32.2. The van der Waals surface area contributed by atoms with Crippen molar-refractivity contribution in [1.82, 2.24) is 0 Å². The van der Waals surface area contributed by atoms with E-state index in [1.165, 1.54) is 24.8 Å². The monoisotopic (exact) mass is 191 g/mol. The Morgan fingerprint density at radius 1 is 1.50 bits per heavy atom. The van der Waals surface area contributed by atoms with Crippen LogP contribution in [-0.4, -0.2) is 0 Å². The molecular weight excluding hydrogens is 170 g/mol. The molecule has 0 unspecified atom stereocenters. The summed E-state index contributed by atoms with van der Waals surface area (Å²) < 4.78 is 0. The first-order chi connectivity index (χ1) is 6.65. The fourth-order valence-electron chi connectivity index (χ4n) is 2.72. The van der Waals surface area contributed by atoms with E-state index in [0.29, 0.717) is 12.3 Å². The highest BCUT2D eigenvalue weighted by Crippen LogP contribution is 2.39. The maximum absolute atomic E-state index is 8.62. The Morgan fingerprint density at radius 2 is 2.21 bits per heavy atom. The predicted octanol–water partition coefficient (Wildman–Crippen LogP) is 3.92. The van der Waals surface area contributed by atoms with Crippen LogP contribution < -0.4 is 0 Å². The van der Waals surface area contributed by atoms with Gasteiger partial charge in [-0.15, -0.1) is 0 Å². The first kappa shape index (κ1) is 11.3. The molecule has 0 aromatic heterocycles. The van der Waals surface area contributed by atoms with Gasteiger partial charge in [-0.25, -0.2) is 0 Å². The first-order valence-corrected chi connectivity index (χ1v) is 5.67. The summed E-state index contributed by atoms with van der Waals surface area (Å²) in [6.07, 6.45) is 5.69. The van der Waals surface area contributed by atoms with Gasteiger partial charge in [0, 0.05) is 6.42 Å². The van der Waals surface area contributed by atoms with Gasteiger partial charge in [-0.3, -0.25) is 0 Å². The Hall–Kier alpha value is -0.770. The van der Waals surface area contributed by atoms with Crippen molar-refractivity contribution in [3.05, 3.63) is 12.2 Å². The van der Waals surface area contributed by atoms with Crippen LogP contribution >= 0.6 is 0 Å². The lowest BCUT2D eigenvalue weighted by Gasteiger charge is -2.35. The van der Waals surface area contributed by atoms with Gasteiger partial charge in [-0.1, -0.05) is 25.5 Å². The SMILES string of the molecule is C=C(C)[C@H]1CC[C@H](C)C[C@@H]1CCC#N. The Labute approximate surface area is 87.8 Å². The number of hydrogen-bond donors (Lipinski definition) is 0. The number of nitrogens with zero attached hydrogens (tertiary/aromatic N) is 1. The van der Waals surface area contributed by atoms with Gasteiger partial charge in [-0.2, -0.15) is 5.26 Å². The molecule has 0 heterocycles. The molecule has 0 radical (unpaired) electrons. The highest BCUT2D eigenvalue weighted by atomic mass is 14.3. The van der Waals surface area contributed by atoms with Crippen molar-refractivity contribution in [2.45, 2.75) is 46.0 Å². The summed E-state index contributed by atoms with van der Waals surface area (Å²) in [5.41, 5.74) is 1.32. The Kier molecular flexibility index (Phi) is 4.20. The van der Waals surface area contributed by atoms with Crippen LogP contribution in [-0.2, 0) is 0 Å². The third-order valence-corrected chi connectivity index (χ3v) is 3.50. The van der Waals surface area contributed by atoms with Gasteiger partial charge in [0.15, 0.2) is 0 Å². The molecule has 1 heteroatoms. The van der Waals surface area contributed by atoms with E-state index < -0.39 is 0 Å². The molecule has 0 aromatic rings. The fourth-order valence-corrected chi connectivity index (χ4v) is 2.72. The smallest absolute Gasteiger partial charge is 0.0621 e. The minimum absolute atomic E-state index is 0.680. The Morgan fingerprint density at radius 3 is 2.79 bits per heavy atom. The van der Waals surface area contributed by atoms with Gasteiger partial charge in [0.1, 0.15) is 0 Å². The van der Waals surface area contributed by atoms with Crippen LogP contribution in [0.4, 0.5) is 0 Å². The fraction of sp³-hybridized carbons (Fsp3) is 0.769. The molecule has 1 rings (SSSR count). The second-order valence-electron chi connectivity index (χ2n) is 4.83. The number of allylic oxidation sites excluding steroid dienone is 1. The first-order valence-electron chi connectivity index (χ1n) is 5.67. The highest BCUT2D eigenvalue weighted by molar-refractivity contribution is 5.01. The average Bonchev–Trinajstić information content (AvgIpc) is 2.14. The van der Waals surface area contributed by atoms with Gasteiger partial charge >= 0.3 is 0 Å². The zero-order valence-electron chi connectivity index (χ0n) is 9.42. The third-order valence-electron chi connectivity index (χ3n) is 3.50. The molecular formula is C13H21N. The summed E-state index contributed by atoms with van der Waals surface area (Å²) >= 11 is 0. The van der Waals surface area contributed by atoms with Crippen LogP contribution in [0.1, 0.15) is 46.0 Å². The molecule has 0 saturated heterocycles. The summed E-state index contributed by atoms with van der Waals surface area (Å²) in [4.78, 5) is 0. The predicted molar refractivity (Wildman–Crippen MR) is 59.7 cm³/mol. The molecule has 1 aliphatic rings. The van der Waals surface area contributed by atoms with E-state index >= 15 is 0 Å².